The molecule has 2 aliphatic rings. The van der Waals surface area contributed by atoms with E-state index in [1.807, 2.05) is 6.07 Å². The molecule has 0 radical (unpaired) electrons. The van der Waals surface area contributed by atoms with Crippen molar-refractivity contribution in [3.63, 3.8) is 0 Å². The van der Waals surface area contributed by atoms with Gasteiger partial charge in [-0.05, 0) is 43.4 Å². The van der Waals surface area contributed by atoms with Crippen LogP contribution in [0.2, 0.25) is 5.02 Å². The highest BCUT2D eigenvalue weighted by molar-refractivity contribution is 6.30. The lowest BCUT2D eigenvalue weighted by Gasteiger charge is -2.24. The van der Waals surface area contributed by atoms with Crippen molar-refractivity contribution in [3.8, 4) is 5.75 Å². The van der Waals surface area contributed by atoms with Gasteiger partial charge in [0.25, 0.3) is 0 Å². The molecule has 1 heterocycles. The fourth-order valence-corrected chi connectivity index (χ4v) is 3.99. The Balaban J connectivity index is 1.62. The summed E-state index contributed by atoms with van der Waals surface area (Å²) in [6.07, 6.45) is 9.36. The topological polar surface area (TPSA) is 21.3 Å². The lowest BCUT2D eigenvalue weighted by molar-refractivity contribution is 0.329. The summed E-state index contributed by atoms with van der Waals surface area (Å²) >= 11 is 6.23. The van der Waals surface area contributed by atoms with Gasteiger partial charge in [-0.1, -0.05) is 37.3 Å². The normalized spacial score (nSPS) is 20.7. The molecule has 0 unspecified atom stereocenters. The van der Waals surface area contributed by atoms with E-state index in [4.69, 9.17) is 16.3 Å². The van der Waals surface area contributed by atoms with E-state index >= 15 is 0 Å². The fourth-order valence-electron chi connectivity index (χ4n) is 3.73. The minimum absolute atomic E-state index is 0.569. The maximum atomic E-state index is 6.23. The zero-order chi connectivity index (χ0) is 14.7. The highest BCUT2D eigenvalue weighted by Gasteiger charge is 2.21. The Kier molecular flexibility index (Phi) is 5.07. The van der Waals surface area contributed by atoms with Crippen molar-refractivity contribution >= 4 is 11.6 Å². The second kappa shape index (κ2) is 7.02. The third kappa shape index (κ3) is 3.73. The van der Waals surface area contributed by atoms with Gasteiger partial charge < -0.3 is 10.1 Å². The molecule has 1 atom stereocenters. The van der Waals surface area contributed by atoms with Gasteiger partial charge in [-0.15, -0.1) is 0 Å². The van der Waals surface area contributed by atoms with Crippen LogP contribution in [-0.4, -0.2) is 12.6 Å². The molecule has 3 heteroatoms. The van der Waals surface area contributed by atoms with E-state index in [0.29, 0.717) is 6.04 Å². The molecule has 116 valence electrons. The Morgan fingerprint density at radius 3 is 2.76 bits per heavy atom. The Morgan fingerprint density at radius 2 is 2.00 bits per heavy atom. The van der Waals surface area contributed by atoms with Crippen molar-refractivity contribution < 1.29 is 4.74 Å². The van der Waals surface area contributed by atoms with Crippen LogP contribution in [0.1, 0.15) is 56.6 Å². The maximum Gasteiger partial charge on any atom is 0.127 e. The van der Waals surface area contributed by atoms with Crippen LogP contribution in [0.3, 0.4) is 0 Å². The number of ether oxygens (including phenoxy) is 1. The summed E-state index contributed by atoms with van der Waals surface area (Å²) in [4.78, 5) is 0. The lowest BCUT2D eigenvalue weighted by Crippen LogP contribution is -2.33. The minimum atomic E-state index is 0.569. The molecule has 1 aliphatic heterocycles. The van der Waals surface area contributed by atoms with Gasteiger partial charge in [0, 0.05) is 29.6 Å². The van der Waals surface area contributed by atoms with E-state index in [1.54, 1.807) is 0 Å². The summed E-state index contributed by atoms with van der Waals surface area (Å²) in [5, 5.41) is 4.55. The lowest BCUT2D eigenvalue weighted by atomic mass is 9.93. The molecule has 2 nitrogen and oxygen atoms in total. The van der Waals surface area contributed by atoms with Crippen molar-refractivity contribution in [2.45, 2.75) is 64.5 Å². The van der Waals surface area contributed by atoms with Crippen molar-refractivity contribution in [1.82, 2.24) is 5.32 Å². The summed E-state index contributed by atoms with van der Waals surface area (Å²) in [5.41, 5.74) is 2.48. The largest absolute Gasteiger partial charge is 0.493 e. The Bertz CT molecular complexity index is 480. The Labute approximate surface area is 133 Å². The first-order valence-electron chi connectivity index (χ1n) is 8.41. The average Bonchev–Trinajstić information content (AvgIpc) is 2.77. The molecule has 1 aromatic carbocycles. The van der Waals surface area contributed by atoms with Crippen molar-refractivity contribution in [2.24, 2.45) is 5.92 Å². The van der Waals surface area contributed by atoms with Crippen LogP contribution in [0.15, 0.2) is 12.1 Å². The molecule has 0 spiro atoms. The third-order valence-electron chi connectivity index (χ3n) is 5.05. The minimum Gasteiger partial charge on any atom is -0.493 e. The van der Waals surface area contributed by atoms with Crippen molar-refractivity contribution in [1.29, 1.82) is 0 Å². The van der Waals surface area contributed by atoms with E-state index in [1.165, 1.54) is 49.7 Å². The number of benzene rings is 1. The van der Waals surface area contributed by atoms with Crippen LogP contribution in [0.25, 0.3) is 0 Å². The summed E-state index contributed by atoms with van der Waals surface area (Å²) in [5.74, 6) is 1.89. The van der Waals surface area contributed by atoms with Crippen LogP contribution in [0.4, 0.5) is 0 Å². The average molecular weight is 308 g/mol. The van der Waals surface area contributed by atoms with Gasteiger partial charge in [0.05, 0.1) is 6.61 Å². The summed E-state index contributed by atoms with van der Waals surface area (Å²) < 4.78 is 5.78. The molecular weight excluding hydrogens is 282 g/mol. The van der Waals surface area contributed by atoms with E-state index in [-0.39, 0.29) is 0 Å². The SMILES string of the molecule is C[C@@H](NCc1cc(Cl)cc2c1OCC2)C1CCCCCC1. The van der Waals surface area contributed by atoms with Crippen LogP contribution in [0.5, 0.6) is 5.75 Å². The summed E-state index contributed by atoms with van der Waals surface area (Å²) in [6, 6.07) is 4.67. The number of nitrogens with one attached hydrogen (secondary N) is 1. The highest BCUT2D eigenvalue weighted by atomic mass is 35.5. The molecule has 0 aromatic heterocycles. The van der Waals surface area contributed by atoms with Crippen LogP contribution in [0, 0.1) is 5.92 Å². The number of hydrogen-bond acceptors (Lipinski definition) is 2. The van der Waals surface area contributed by atoms with E-state index in [2.05, 4.69) is 18.3 Å². The van der Waals surface area contributed by atoms with Gasteiger partial charge in [0.15, 0.2) is 0 Å². The molecule has 1 aliphatic carbocycles. The smallest absolute Gasteiger partial charge is 0.127 e. The first-order valence-corrected chi connectivity index (χ1v) is 8.79. The van der Waals surface area contributed by atoms with E-state index < -0.39 is 0 Å². The molecule has 1 fully saturated rings. The quantitative estimate of drug-likeness (QED) is 0.812. The number of halogens is 1. The molecule has 0 bridgehead atoms. The second-order valence-electron chi connectivity index (χ2n) is 6.57. The Hall–Kier alpha value is -0.730. The summed E-state index contributed by atoms with van der Waals surface area (Å²) in [7, 11) is 0. The number of fused-ring (bicyclic) bond motifs is 1. The van der Waals surface area contributed by atoms with Crippen LogP contribution < -0.4 is 10.1 Å². The second-order valence-corrected chi connectivity index (χ2v) is 7.01. The fraction of sp³-hybridized carbons (Fsp3) is 0.667. The number of hydrogen-bond donors (Lipinski definition) is 1. The first-order chi connectivity index (χ1) is 10.2. The van der Waals surface area contributed by atoms with Crippen molar-refractivity contribution in [2.75, 3.05) is 6.61 Å². The first kappa shape index (κ1) is 15.2. The predicted octanol–water partition coefficient (Wildman–Crippen LogP) is 4.72. The maximum absolute atomic E-state index is 6.23. The van der Waals surface area contributed by atoms with E-state index in [9.17, 15) is 0 Å². The zero-order valence-electron chi connectivity index (χ0n) is 13.0. The van der Waals surface area contributed by atoms with Gasteiger partial charge in [-0.2, -0.15) is 0 Å². The Morgan fingerprint density at radius 1 is 1.24 bits per heavy atom. The van der Waals surface area contributed by atoms with Gasteiger partial charge >= 0.3 is 0 Å². The van der Waals surface area contributed by atoms with Crippen LogP contribution >= 0.6 is 11.6 Å². The summed E-state index contributed by atoms with van der Waals surface area (Å²) in [6.45, 7) is 3.99. The van der Waals surface area contributed by atoms with Crippen LogP contribution in [-0.2, 0) is 13.0 Å². The van der Waals surface area contributed by atoms with Gasteiger partial charge in [-0.3, -0.25) is 0 Å². The molecule has 1 N–H and O–H groups in total. The monoisotopic (exact) mass is 307 g/mol. The molecule has 21 heavy (non-hydrogen) atoms. The van der Waals surface area contributed by atoms with Gasteiger partial charge in [0.2, 0.25) is 0 Å². The van der Waals surface area contributed by atoms with E-state index in [0.717, 1.165) is 36.3 Å². The zero-order valence-corrected chi connectivity index (χ0v) is 13.7. The molecule has 1 aromatic rings. The van der Waals surface area contributed by atoms with Gasteiger partial charge in [-0.25, -0.2) is 0 Å². The number of rotatable bonds is 4. The molecular formula is C18H26ClNO. The molecule has 0 saturated heterocycles. The molecule has 1 saturated carbocycles. The third-order valence-corrected chi connectivity index (χ3v) is 5.26. The van der Waals surface area contributed by atoms with Gasteiger partial charge in [0.1, 0.15) is 5.75 Å². The molecule has 3 rings (SSSR count). The molecule has 0 amide bonds. The standard InChI is InChI=1S/C18H26ClNO/c1-13(14-6-4-2-3-5-7-14)20-12-16-11-17(19)10-15-8-9-21-18(15)16/h10-11,13-14,20H,2-9,12H2,1H3/t13-/m1/s1. The predicted molar refractivity (Wildman–Crippen MR) is 88.1 cm³/mol. The highest BCUT2D eigenvalue weighted by Crippen LogP contribution is 2.33. The van der Waals surface area contributed by atoms with Crippen molar-refractivity contribution in [3.05, 3.63) is 28.3 Å².